The molecule has 0 bridgehead atoms. The number of benzene rings is 1. The summed E-state index contributed by atoms with van der Waals surface area (Å²) in [5.74, 6) is 2.73. The summed E-state index contributed by atoms with van der Waals surface area (Å²) in [6.07, 6.45) is 6.91. The van der Waals surface area contributed by atoms with Crippen LogP contribution >= 0.6 is 11.6 Å². The molecule has 1 fully saturated rings. The van der Waals surface area contributed by atoms with Crippen molar-refractivity contribution < 1.29 is 0 Å². The molecule has 0 amide bonds. The maximum atomic E-state index is 5.91. The third-order valence-corrected chi connectivity index (χ3v) is 4.52. The fourth-order valence-electron chi connectivity index (χ4n) is 3.01. The van der Waals surface area contributed by atoms with Gasteiger partial charge in [-0.1, -0.05) is 37.6 Å². The Morgan fingerprint density at radius 1 is 1.06 bits per heavy atom. The van der Waals surface area contributed by atoms with Crippen LogP contribution in [0.5, 0.6) is 0 Å². The molecule has 0 aromatic heterocycles. The minimum absolute atomic E-state index is 0.845. The molecule has 0 nitrogen and oxygen atoms in total. The first-order chi connectivity index (χ1) is 8.15. The first kappa shape index (κ1) is 13.0. The topological polar surface area (TPSA) is 0 Å². The van der Waals surface area contributed by atoms with E-state index in [-0.39, 0.29) is 0 Å². The van der Waals surface area contributed by atoms with Crippen molar-refractivity contribution >= 4 is 11.6 Å². The molecule has 94 valence electrons. The van der Waals surface area contributed by atoms with Crippen molar-refractivity contribution in [3.63, 3.8) is 0 Å². The van der Waals surface area contributed by atoms with Crippen LogP contribution < -0.4 is 0 Å². The van der Waals surface area contributed by atoms with Gasteiger partial charge in [-0.25, -0.2) is 0 Å². The third-order valence-electron chi connectivity index (χ3n) is 4.27. The Labute approximate surface area is 110 Å². The van der Waals surface area contributed by atoms with Crippen molar-refractivity contribution in [2.75, 3.05) is 0 Å². The van der Waals surface area contributed by atoms with E-state index in [1.54, 1.807) is 0 Å². The number of hydrogen-bond acceptors (Lipinski definition) is 0. The minimum atomic E-state index is 0.845. The molecule has 0 heterocycles. The molecule has 0 N–H and O–H groups in total. The summed E-state index contributed by atoms with van der Waals surface area (Å²) in [4.78, 5) is 0. The molecule has 1 aromatic rings. The third kappa shape index (κ3) is 3.74. The van der Waals surface area contributed by atoms with E-state index in [2.05, 4.69) is 26.0 Å². The maximum absolute atomic E-state index is 5.91. The monoisotopic (exact) mass is 250 g/mol. The van der Waals surface area contributed by atoms with Gasteiger partial charge in [-0.3, -0.25) is 0 Å². The van der Waals surface area contributed by atoms with Gasteiger partial charge in [0.25, 0.3) is 0 Å². The first-order valence-electron chi connectivity index (χ1n) is 6.89. The Kier molecular flexibility index (Phi) is 4.50. The van der Waals surface area contributed by atoms with Crippen LogP contribution in [0.15, 0.2) is 24.3 Å². The molecular formula is C16H23Cl. The van der Waals surface area contributed by atoms with Crippen molar-refractivity contribution in [2.24, 2.45) is 17.8 Å². The van der Waals surface area contributed by atoms with Crippen LogP contribution in [0.1, 0.15) is 45.1 Å². The molecule has 0 atom stereocenters. The molecule has 0 radical (unpaired) electrons. The molecule has 1 saturated carbocycles. The fraction of sp³-hybridized carbons (Fsp3) is 0.625. The fourth-order valence-corrected chi connectivity index (χ4v) is 3.14. The standard InChI is InChI=1S/C16H23Cl/c1-12(2)15-7-3-13(4-8-15)11-14-5-9-16(17)10-6-14/h5-6,9-10,12-13,15H,3-4,7-8,11H2,1-2H3. The molecular weight excluding hydrogens is 228 g/mol. The Morgan fingerprint density at radius 3 is 2.18 bits per heavy atom. The zero-order valence-electron chi connectivity index (χ0n) is 11.0. The second-order valence-electron chi connectivity index (χ2n) is 5.86. The highest BCUT2D eigenvalue weighted by Gasteiger charge is 2.23. The normalized spacial score (nSPS) is 25.2. The molecule has 0 unspecified atom stereocenters. The van der Waals surface area contributed by atoms with Gasteiger partial charge in [0.1, 0.15) is 0 Å². The lowest BCUT2D eigenvalue weighted by atomic mass is 9.75. The van der Waals surface area contributed by atoms with E-state index in [4.69, 9.17) is 11.6 Å². The summed E-state index contributed by atoms with van der Waals surface area (Å²) in [6, 6.07) is 8.38. The number of rotatable bonds is 3. The minimum Gasteiger partial charge on any atom is -0.0843 e. The van der Waals surface area contributed by atoms with Gasteiger partial charge in [-0.15, -0.1) is 0 Å². The lowest BCUT2D eigenvalue weighted by Gasteiger charge is -2.30. The first-order valence-corrected chi connectivity index (χ1v) is 7.27. The predicted molar refractivity (Wildman–Crippen MR) is 75.4 cm³/mol. The van der Waals surface area contributed by atoms with Crippen LogP contribution in [0.3, 0.4) is 0 Å². The van der Waals surface area contributed by atoms with Gasteiger partial charge in [-0.05, 0) is 67.6 Å². The highest BCUT2D eigenvalue weighted by molar-refractivity contribution is 6.30. The van der Waals surface area contributed by atoms with Crippen molar-refractivity contribution in [1.29, 1.82) is 0 Å². The lowest BCUT2D eigenvalue weighted by Crippen LogP contribution is -2.19. The average molecular weight is 251 g/mol. The zero-order chi connectivity index (χ0) is 12.3. The molecule has 0 spiro atoms. The Morgan fingerprint density at radius 2 is 1.65 bits per heavy atom. The molecule has 2 rings (SSSR count). The van der Waals surface area contributed by atoms with E-state index in [0.717, 1.165) is 22.8 Å². The Hall–Kier alpha value is -0.490. The molecule has 17 heavy (non-hydrogen) atoms. The quantitative estimate of drug-likeness (QED) is 0.679. The lowest BCUT2D eigenvalue weighted by molar-refractivity contribution is 0.223. The number of hydrogen-bond donors (Lipinski definition) is 0. The second kappa shape index (κ2) is 5.91. The Balaban J connectivity index is 1.84. The van der Waals surface area contributed by atoms with Crippen LogP contribution in [0.2, 0.25) is 5.02 Å². The van der Waals surface area contributed by atoms with Gasteiger partial charge in [-0.2, -0.15) is 0 Å². The van der Waals surface area contributed by atoms with Gasteiger partial charge in [0.15, 0.2) is 0 Å². The molecule has 1 aliphatic carbocycles. The summed E-state index contributed by atoms with van der Waals surface area (Å²) in [7, 11) is 0. The van der Waals surface area contributed by atoms with Gasteiger partial charge < -0.3 is 0 Å². The average Bonchev–Trinajstić information content (AvgIpc) is 2.33. The van der Waals surface area contributed by atoms with Gasteiger partial charge in [0.05, 0.1) is 0 Å². The van der Waals surface area contributed by atoms with Crippen LogP contribution in [-0.4, -0.2) is 0 Å². The van der Waals surface area contributed by atoms with Crippen LogP contribution in [-0.2, 0) is 6.42 Å². The van der Waals surface area contributed by atoms with E-state index in [1.165, 1.54) is 37.7 Å². The summed E-state index contributed by atoms with van der Waals surface area (Å²) < 4.78 is 0. The van der Waals surface area contributed by atoms with E-state index in [9.17, 15) is 0 Å². The van der Waals surface area contributed by atoms with Crippen LogP contribution in [0.25, 0.3) is 0 Å². The van der Waals surface area contributed by atoms with Crippen molar-refractivity contribution in [1.82, 2.24) is 0 Å². The summed E-state index contributed by atoms with van der Waals surface area (Å²) in [5, 5.41) is 0.845. The summed E-state index contributed by atoms with van der Waals surface area (Å²) in [5.41, 5.74) is 1.45. The van der Waals surface area contributed by atoms with Crippen molar-refractivity contribution in [3.8, 4) is 0 Å². The SMILES string of the molecule is CC(C)C1CCC(Cc2ccc(Cl)cc2)CC1. The molecule has 0 aliphatic heterocycles. The summed E-state index contributed by atoms with van der Waals surface area (Å²) in [6.45, 7) is 4.73. The van der Waals surface area contributed by atoms with Crippen molar-refractivity contribution in [3.05, 3.63) is 34.9 Å². The van der Waals surface area contributed by atoms with Crippen molar-refractivity contribution in [2.45, 2.75) is 46.0 Å². The highest BCUT2D eigenvalue weighted by atomic mass is 35.5. The Bertz CT molecular complexity index is 331. The van der Waals surface area contributed by atoms with Gasteiger partial charge in [0, 0.05) is 5.02 Å². The van der Waals surface area contributed by atoms with E-state index in [1.807, 2.05) is 12.1 Å². The molecule has 0 saturated heterocycles. The smallest absolute Gasteiger partial charge is 0.0406 e. The zero-order valence-corrected chi connectivity index (χ0v) is 11.7. The van der Waals surface area contributed by atoms with E-state index in [0.29, 0.717) is 0 Å². The molecule has 1 heteroatoms. The van der Waals surface area contributed by atoms with Crippen LogP contribution in [0, 0.1) is 17.8 Å². The van der Waals surface area contributed by atoms with Gasteiger partial charge >= 0.3 is 0 Å². The number of halogens is 1. The maximum Gasteiger partial charge on any atom is 0.0406 e. The van der Waals surface area contributed by atoms with Crippen LogP contribution in [0.4, 0.5) is 0 Å². The summed E-state index contributed by atoms with van der Waals surface area (Å²) >= 11 is 5.91. The second-order valence-corrected chi connectivity index (χ2v) is 6.29. The van der Waals surface area contributed by atoms with E-state index >= 15 is 0 Å². The molecule has 1 aromatic carbocycles. The predicted octanol–water partition coefficient (Wildman–Crippen LogP) is 5.34. The molecule has 1 aliphatic rings. The largest absolute Gasteiger partial charge is 0.0843 e. The van der Waals surface area contributed by atoms with Gasteiger partial charge in [0.2, 0.25) is 0 Å². The van der Waals surface area contributed by atoms with E-state index < -0.39 is 0 Å². The highest BCUT2D eigenvalue weighted by Crippen LogP contribution is 2.34.